The van der Waals surface area contributed by atoms with Gasteiger partial charge in [0.1, 0.15) is 10.4 Å². The van der Waals surface area contributed by atoms with Crippen molar-refractivity contribution in [3.63, 3.8) is 0 Å². The van der Waals surface area contributed by atoms with E-state index in [1.807, 2.05) is 11.4 Å². The summed E-state index contributed by atoms with van der Waals surface area (Å²) in [5.41, 5.74) is 3.64. The fourth-order valence-electron chi connectivity index (χ4n) is 4.49. The molecule has 1 aliphatic rings. The van der Waals surface area contributed by atoms with Crippen molar-refractivity contribution in [3.8, 4) is 16.9 Å². The first-order valence-corrected chi connectivity index (χ1v) is 11.2. The number of phenols is 1. The molecule has 0 spiro atoms. The Bertz CT molecular complexity index is 1220. The van der Waals surface area contributed by atoms with E-state index in [-0.39, 0.29) is 11.3 Å². The average molecular weight is 405 g/mol. The number of thiophene rings is 1. The van der Waals surface area contributed by atoms with Crippen molar-refractivity contribution in [2.45, 2.75) is 44.7 Å². The molecule has 5 rings (SSSR count). The van der Waals surface area contributed by atoms with E-state index in [0.717, 1.165) is 34.0 Å². The maximum absolute atomic E-state index is 12.3. The lowest BCUT2D eigenvalue weighted by atomic mass is 9.95. The Morgan fingerprint density at radius 2 is 1.83 bits per heavy atom. The molecule has 2 aromatic heterocycles. The smallest absolute Gasteiger partial charge is 0.266 e. The van der Waals surface area contributed by atoms with Crippen LogP contribution in [0.2, 0.25) is 0 Å². The fraction of sp³-hybridized carbons (Fsp3) is 0.292. The van der Waals surface area contributed by atoms with E-state index in [0.29, 0.717) is 10.7 Å². The molecule has 0 amide bonds. The van der Waals surface area contributed by atoms with Crippen LogP contribution in [0.25, 0.3) is 32.1 Å². The maximum Gasteiger partial charge on any atom is 0.266 e. The number of H-pyrrole nitrogens is 1. The number of hydrogen-bond donors (Lipinski definition) is 3. The predicted molar refractivity (Wildman–Crippen MR) is 121 cm³/mol. The van der Waals surface area contributed by atoms with Crippen molar-refractivity contribution in [2.24, 2.45) is 0 Å². The van der Waals surface area contributed by atoms with Gasteiger partial charge >= 0.3 is 0 Å². The van der Waals surface area contributed by atoms with Crippen LogP contribution in [0.3, 0.4) is 0 Å². The first kappa shape index (κ1) is 18.4. The molecule has 29 heavy (non-hydrogen) atoms. The van der Waals surface area contributed by atoms with Crippen molar-refractivity contribution in [1.29, 1.82) is 0 Å². The fourth-order valence-corrected chi connectivity index (χ4v) is 5.28. The number of pyridine rings is 1. The first-order valence-electron chi connectivity index (χ1n) is 10.3. The van der Waals surface area contributed by atoms with Gasteiger partial charge in [-0.25, -0.2) is 0 Å². The Hall–Kier alpha value is -2.63. The number of aromatic hydroxyl groups is 1. The molecule has 1 saturated carbocycles. The summed E-state index contributed by atoms with van der Waals surface area (Å²) in [5, 5.41) is 18.1. The van der Waals surface area contributed by atoms with Gasteiger partial charge in [-0.3, -0.25) is 4.79 Å². The minimum atomic E-state index is -0.0803. The molecule has 0 atom stereocenters. The van der Waals surface area contributed by atoms with Crippen molar-refractivity contribution in [2.75, 3.05) is 0 Å². The van der Waals surface area contributed by atoms with Crippen LogP contribution in [0.15, 0.2) is 52.6 Å². The highest BCUT2D eigenvalue weighted by Crippen LogP contribution is 2.39. The molecule has 4 aromatic rings. The van der Waals surface area contributed by atoms with Gasteiger partial charge in [0.15, 0.2) is 0 Å². The van der Waals surface area contributed by atoms with E-state index in [2.05, 4.69) is 34.6 Å². The molecule has 1 fully saturated rings. The predicted octanol–water partition coefficient (Wildman–Crippen LogP) is 5.54. The van der Waals surface area contributed by atoms with Crippen molar-refractivity contribution < 1.29 is 5.11 Å². The van der Waals surface area contributed by atoms with E-state index in [1.165, 1.54) is 49.0 Å². The van der Waals surface area contributed by atoms with Crippen LogP contribution in [-0.2, 0) is 6.54 Å². The van der Waals surface area contributed by atoms with Crippen molar-refractivity contribution in [3.05, 3.63) is 63.8 Å². The number of hydrogen-bond acceptors (Lipinski definition) is 4. The molecule has 4 nitrogen and oxygen atoms in total. The summed E-state index contributed by atoms with van der Waals surface area (Å²) >= 11 is 1.43. The van der Waals surface area contributed by atoms with Crippen LogP contribution >= 0.6 is 11.3 Å². The molecule has 0 bridgehead atoms. The zero-order chi connectivity index (χ0) is 19.8. The van der Waals surface area contributed by atoms with Crippen molar-refractivity contribution >= 4 is 32.3 Å². The molecule has 5 heteroatoms. The molecule has 0 saturated heterocycles. The SMILES string of the molecule is O=c1[nH]c2ccc(O)c(-c3ccc(CNC4CCCCC4)cc3)c2c2ccsc12. The van der Waals surface area contributed by atoms with Gasteiger partial charge in [-0.15, -0.1) is 11.3 Å². The monoisotopic (exact) mass is 404 g/mol. The third-order valence-electron chi connectivity index (χ3n) is 6.01. The summed E-state index contributed by atoms with van der Waals surface area (Å²) in [6, 6.07) is 14.4. The summed E-state index contributed by atoms with van der Waals surface area (Å²) in [6.45, 7) is 0.870. The van der Waals surface area contributed by atoms with Gasteiger partial charge in [-0.2, -0.15) is 0 Å². The highest BCUT2D eigenvalue weighted by Gasteiger charge is 2.16. The normalized spacial score (nSPS) is 15.3. The van der Waals surface area contributed by atoms with Gasteiger partial charge in [0.25, 0.3) is 5.56 Å². The zero-order valence-corrected chi connectivity index (χ0v) is 17.0. The van der Waals surface area contributed by atoms with Gasteiger partial charge in [0, 0.05) is 34.4 Å². The topological polar surface area (TPSA) is 65.1 Å². The second-order valence-corrected chi connectivity index (χ2v) is 8.83. The van der Waals surface area contributed by atoms with Crippen LogP contribution in [0, 0.1) is 0 Å². The summed E-state index contributed by atoms with van der Waals surface area (Å²) in [4.78, 5) is 15.3. The highest BCUT2D eigenvalue weighted by atomic mass is 32.1. The molecular formula is C24H24N2O2S. The molecule has 148 valence electrons. The van der Waals surface area contributed by atoms with Crippen LogP contribution in [0.5, 0.6) is 5.75 Å². The molecule has 2 aromatic carbocycles. The number of aromatic nitrogens is 1. The quantitative estimate of drug-likeness (QED) is 0.418. The Balaban J connectivity index is 1.51. The van der Waals surface area contributed by atoms with Crippen LogP contribution in [0.4, 0.5) is 0 Å². The third kappa shape index (κ3) is 3.45. The number of aromatic amines is 1. The Labute approximate surface area is 173 Å². The van der Waals surface area contributed by atoms with Gasteiger partial charge in [-0.1, -0.05) is 43.5 Å². The van der Waals surface area contributed by atoms with Gasteiger partial charge < -0.3 is 15.4 Å². The zero-order valence-electron chi connectivity index (χ0n) is 16.2. The third-order valence-corrected chi connectivity index (χ3v) is 6.93. The van der Waals surface area contributed by atoms with Gasteiger partial charge in [0.2, 0.25) is 0 Å². The molecule has 3 N–H and O–H groups in total. The van der Waals surface area contributed by atoms with Crippen LogP contribution < -0.4 is 10.9 Å². The number of benzene rings is 2. The molecule has 2 heterocycles. The first-order chi connectivity index (χ1) is 14.2. The number of rotatable bonds is 4. The van der Waals surface area contributed by atoms with E-state index in [9.17, 15) is 9.90 Å². The van der Waals surface area contributed by atoms with E-state index >= 15 is 0 Å². The lowest BCUT2D eigenvalue weighted by Crippen LogP contribution is -2.30. The lowest BCUT2D eigenvalue weighted by molar-refractivity contribution is 0.372. The molecular weight excluding hydrogens is 380 g/mol. The summed E-state index contributed by atoms with van der Waals surface area (Å²) in [6.07, 6.45) is 6.57. The Morgan fingerprint density at radius 3 is 2.62 bits per heavy atom. The minimum absolute atomic E-state index is 0.0803. The summed E-state index contributed by atoms with van der Waals surface area (Å²) in [5.74, 6) is 0.227. The second kappa shape index (κ2) is 7.65. The molecule has 0 aliphatic heterocycles. The number of nitrogens with one attached hydrogen (secondary N) is 2. The number of fused-ring (bicyclic) bond motifs is 3. The minimum Gasteiger partial charge on any atom is -0.507 e. The van der Waals surface area contributed by atoms with Crippen molar-refractivity contribution in [1.82, 2.24) is 10.3 Å². The largest absolute Gasteiger partial charge is 0.507 e. The molecule has 1 aliphatic carbocycles. The molecule has 0 unspecified atom stereocenters. The van der Waals surface area contributed by atoms with E-state index in [4.69, 9.17) is 0 Å². The average Bonchev–Trinajstić information content (AvgIpc) is 3.25. The Morgan fingerprint density at radius 1 is 1.03 bits per heavy atom. The van der Waals surface area contributed by atoms with Crippen LogP contribution in [-0.4, -0.2) is 16.1 Å². The van der Waals surface area contributed by atoms with Gasteiger partial charge in [0.05, 0.1) is 0 Å². The lowest BCUT2D eigenvalue weighted by Gasteiger charge is -2.23. The standard InChI is InChI=1S/C24H24N2O2S/c27-20-11-10-19-22(18-12-13-29-23(18)24(28)26-19)21(20)16-8-6-15(7-9-16)14-25-17-4-2-1-3-5-17/h6-13,17,25,27H,1-5,14H2,(H,26,28). The summed E-state index contributed by atoms with van der Waals surface area (Å²) < 4.78 is 0.692. The molecule has 0 radical (unpaired) electrons. The van der Waals surface area contributed by atoms with Gasteiger partial charge in [-0.05, 0) is 47.5 Å². The Kier molecular flexibility index (Phi) is 4.86. The second-order valence-electron chi connectivity index (χ2n) is 7.91. The highest BCUT2D eigenvalue weighted by molar-refractivity contribution is 7.17. The maximum atomic E-state index is 12.3. The number of phenolic OH excluding ortho intramolecular Hbond substituents is 1. The van der Waals surface area contributed by atoms with E-state index in [1.54, 1.807) is 12.1 Å². The summed E-state index contributed by atoms with van der Waals surface area (Å²) in [7, 11) is 0. The van der Waals surface area contributed by atoms with Crippen LogP contribution in [0.1, 0.15) is 37.7 Å². The van der Waals surface area contributed by atoms with E-state index < -0.39 is 0 Å².